The summed E-state index contributed by atoms with van der Waals surface area (Å²) in [6.45, 7) is 4.84. The maximum atomic E-state index is 9.97. The first-order valence-corrected chi connectivity index (χ1v) is 12.4. The van der Waals surface area contributed by atoms with Gasteiger partial charge < -0.3 is 19.6 Å². The van der Waals surface area contributed by atoms with Gasteiger partial charge >= 0.3 is 0 Å². The Labute approximate surface area is 204 Å². The minimum Gasteiger partial charge on any atom is -0.393 e. The number of para-hydroxylation sites is 2. The van der Waals surface area contributed by atoms with Gasteiger partial charge in [0.05, 0.1) is 30.4 Å². The number of hydrogen-bond donors (Lipinski definition) is 1. The molecule has 2 aliphatic rings. The van der Waals surface area contributed by atoms with Gasteiger partial charge in [0, 0.05) is 33.2 Å². The minimum absolute atomic E-state index is 0.185. The molecule has 0 amide bonds. The van der Waals surface area contributed by atoms with Gasteiger partial charge in [-0.15, -0.1) is 0 Å². The van der Waals surface area contributed by atoms with Gasteiger partial charge in [0.25, 0.3) is 0 Å². The van der Waals surface area contributed by atoms with E-state index in [0.717, 1.165) is 78.6 Å². The molecule has 6 rings (SSSR count). The first-order chi connectivity index (χ1) is 17.0. The third kappa shape index (κ3) is 3.81. The topological polar surface area (TPSA) is 97.4 Å². The Kier molecular flexibility index (Phi) is 5.57. The van der Waals surface area contributed by atoms with Crippen LogP contribution >= 0.6 is 0 Å². The second kappa shape index (κ2) is 8.76. The Morgan fingerprint density at radius 3 is 2.51 bits per heavy atom. The molecule has 10 nitrogen and oxygen atoms in total. The predicted molar refractivity (Wildman–Crippen MR) is 135 cm³/mol. The molecular weight excluding hydrogens is 444 g/mol. The zero-order valence-corrected chi connectivity index (χ0v) is 20.6. The maximum Gasteiger partial charge on any atom is 0.239 e. The number of aryl methyl sites for hydroxylation is 2. The molecule has 4 aromatic rings. The smallest absolute Gasteiger partial charge is 0.239 e. The third-order valence-electron chi connectivity index (χ3n) is 7.43. The van der Waals surface area contributed by atoms with Crippen molar-refractivity contribution in [1.29, 1.82) is 0 Å². The Balaban J connectivity index is 1.51. The number of rotatable bonds is 4. The Hall–Kier alpha value is -3.24. The van der Waals surface area contributed by atoms with Crippen molar-refractivity contribution in [3.05, 3.63) is 30.1 Å². The molecule has 10 heteroatoms. The van der Waals surface area contributed by atoms with E-state index in [4.69, 9.17) is 24.7 Å². The molecule has 1 saturated heterocycles. The van der Waals surface area contributed by atoms with Gasteiger partial charge in [0.15, 0.2) is 17.0 Å². The van der Waals surface area contributed by atoms with Crippen LogP contribution in [-0.2, 0) is 11.8 Å². The van der Waals surface area contributed by atoms with E-state index in [2.05, 4.69) is 27.5 Å². The van der Waals surface area contributed by atoms with Crippen LogP contribution in [0.1, 0.15) is 31.5 Å². The summed E-state index contributed by atoms with van der Waals surface area (Å²) in [7, 11) is 4.12. The molecule has 2 fully saturated rings. The van der Waals surface area contributed by atoms with Crippen LogP contribution in [0.5, 0.6) is 0 Å². The zero-order chi connectivity index (χ0) is 24.1. The summed E-state index contributed by atoms with van der Waals surface area (Å²) in [5, 5.41) is 9.97. The van der Waals surface area contributed by atoms with Crippen molar-refractivity contribution in [2.45, 2.75) is 44.8 Å². The summed E-state index contributed by atoms with van der Waals surface area (Å²) >= 11 is 0. The van der Waals surface area contributed by atoms with Gasteiger partial charge in [-0.05, 0) is 44.7 Å². The molecule has 1 N–H and O–H groups in total. The molecule has 0 radical (unpaired) electrons. The van der Waals surface area contributed by atoms with E-state index >= 15 is 0 Å². The van der Waals surface area contributed by atoms with Crippen LogP contribution in [0.4, 0.5) is 11.8 Å². The van der Waals surface area contributed by atoms with E-state index in [1.165, 1.54) is 0 Å². The van der Waals surface area contributed by atoms with E-state index in [1.807, 2.05) is 36.7 Å². The number of benzene rings is 1. The number of aliphatic hydroxyl groups excluding tert-OH is 1. The standard InChI is InChI=1S/C25H32N8O2/c1-16-26-19-6-4-5-7-20(19)33(16)24-28-22-21(23(29-24)32-12-14-35-15-13-32)27-25(31(22)3)30(2)17-8-10-18(34)11-9-17/h4-7,17-18,34H,8-15H2,1-3H3. The number of morpholine rings is 1. The second-order valence-corrected chi connectivity index (χ2v) is 9.65. The summed E-state index contributed by atoms with van der Waals surface area (Å²) in [6, 6.07) is 8.42. The van der Waals surface area contributed by atoms with Crippen molar-refractivity contribution >= 4 is 34.0 Å². The number of imidazole rings is 2. The van der Waals surface area contributed by atoms with Gasteiger partial charge in [0.2, 0.25) is 11.9 Å². The molecule has 3 aromatic heterocycles. The average molecular weight is 477 g/mol. The van der Waals surface area contributed by atoms with Gasteiger partial charge in [-0.25, -0.2) is 9.97 Å². The first kappa shape index (κ1) is 22.2. The Bertz CT molecular complexity index is 1370. The highest BCUT2D eigenvalue weighted by Gasteiger charge is 2.28. The quantitative estimate of drug-likeness (QED) is 0.480. The van der Waals surface area contributed by atoms with Crippen LogP contribution in [0.15, 0.2) is 24.3 Å². The van der Waals surface area contributed by atoms with Crippen LogP contribution in [-0.4, -0.2) is 79.7 Å². The van der Waals surface area contributed by atoms with Gasteiger partial charge in [-0.2, -0.15) is 9.97 Å². The summed E-state index contributed by atoms with van der Waals surface area (Å²) in [6.07, 6.45) is 3.38. The third-order valence-corrected chi connectivity index (χ3v) is 7.43. The van der Waals surface area contributed by atoms with Crippen LogP contribution in [0.25, 0.3) is 28.1 Å². The Morgan fingerprint density at radius 2 is 1.74 bits per heavy atom. The van der Waals surface area contributed by atoms with Crippen LogP contribution in [0.3, 0.4) is 0 Å². The average Bonchev–Trinajstić information content (AvgIpc) is 3.40. The number of nitrogens with zero attached hydrogens (tertiary/aromatic N) is 8. The van der Waals surface area contributed by atoms with Gasteiger partial charge in [-0.3, -0.25) is 9.13 Å². The summed E-state index contributed by atoms with van der Waals surface area (Å²) in [4.78, 5) is 24.4. The predicted octanol–water partition coefficient (Wildman–Crippen LogP) is 2.59. The molecule has 1 aromatic carbocycles. The highest BCUT2D eigenvalue weighted by molar-refractivity contribution is 5.87. The number of hydrogen-bond acceptors (Lipinski definition) is 8. The molecule has 1 saturated carbocycles. The monoisotopic (exact) mass is 476 g/mol. The fourth-order valence-corrected chi connectivity index (χ4v) is 5.44. The van der Waals surface area contributed by atoms with Crippen LogP contribution < -0.4 is 9.80 Å². The molecule has 35 heavy (non-hydrogen) atoms. The number of aromatic nitrogens is 6. The lowest BCUT2D eigenvalue weighted by Crippen LogP contribution is -2.37. The number of aliphatic hydroxyl groups is 1. The van der Waals surface area contributed by atoms with E-state index in [9.17, 15) is 5.11 Å². The second-order valence-electron chi connectivity index (χ2n) is 9.65. The lowest BCUT2D eigenvalue weighted by Gasteiger charge is -2.33. The molecule has 0 atom stereocenters. The normalized spacial score (nSPS) is 21.2. The highest BCUT2D eigenvalue weighted by atomic mass is 16.5. The van der Waals surface area contributed by atoms with Crippen LogP contribution in [0, 0.1) is 6.92 Å². The van der Waals surface area contributed by atoms with Crippen molar-refractivity contribution in [3.63, 3.8) is 0 Å². The summed E-state index contributed by atoms with van der Waals surface area (Å²) < 4.78 is 9.71. The first-order valence-electron chi connectivity index (χ1n) is 12.4. The molecule has 0 bridgehead atoms. The largest absolute Gasteiger partial charge is 0.393 e. The molecular formula is C25H32N8O2. The number of fused-ring (bicyclic) bond motifs is 2. The number of ether oxygens (including phenoxy) is 1. The SMILES string of the molecule is Cc1nc2ccccc2n1-c1nc(N2CCOCC2)c2nc(N(C)C3CCC(O)CC3)n(C)c2n1. The van der Waals surface area contributed by atoms with Gasteiger partial charge in [0.1, 0.15) is 5.82 Å². The highest BCUT2D eigenvalue weighted by Crippen LogP contribution is 2.32. The summed E-state index contributed by atoms with van der Waals surface area (Å²) in [5.74, 6) is 3.15. The Morgan fingerprint density at radius 1 is 1.00 bits per heavy atom. The molecule has 0 unspecified atom stereocenters. The minimum atomic E-state index is -0.185. The molecule has 0 spiro atoms. The number of anilines is 2. The van der Waals surface area contributed by atoms with E-state index < -0.39 is 0 Å². The maximum absolute atomic E-state index is 9.97. The lowest BCUT2D eigenvalue weighted by atomic mass is 9.92. The van der Waals surface area contributed by atoms with Crippen molar-refractivity contribution < 1.29 is 9.84 Å². The van der Waals surface area contributed by atoms with E-state index in [1.54, 1.807) is 0 Å². The van der Waals surface area contributed by atoms with Crippen molar-refractivity contribution in [3.8, 4) is 5.95 Å². The van der Waals surface area contributed by atoms with Crippen molar-refractivity contribution in [2.75, 3.05) is 43.2 Å². The fourth-order valence-electron chi connectivity index (χ4n) is 5.44. The van der Waals surface area contributed by atoms with E-state index in [0.29, 0.717) is 25.2 Å². The molecule has 184 valence electrons. The molecule has 1 aliphatic heterocycles. The summed E-state index contributed by atoms with van der Waals surface area (Å²) in [5.41, 5.74) is 3.51. The van der Waals surface area contributed by atoms with Gasteiger partial charge in [-0.1, -0.05) is 12.1 Å². The van der Waals surface area contributed by atoms with E-state index in [-0.39, 0.29) is 6.10 Å². The van der Waals surface area contributed by atoms with Crippen molar-refractivity contribution in [2.24, 2.45) is 7.05 Å². The van der Waals surface area contributed by atoms with Crippen molar-refractivity contribution in [1.82, 2.24) is 29.1 Å². The zero-order valence-electron chi connectivity index (χ0n) is 20.6. The fraction of sp³-hybridized carbons (Fsp3) is 0.520. The molecule has 4 heterocycles. The van der Waals surface area contributed by atoms with Crippen LogP contribution in [0.2, 0.25) is 0 Å². The molecule has 1 aliphatic carbocycles. The lowest BCUT2D eigenvalue weighted by molar-refractivity contribution is 0.122.